The van der Waals surface area contributed by atoms with E-state index in [0.717, 1.165) is 22.0 Å². The molecule has 2 atom stereocenters. The van der Waals surface area contributed by atoms with Crippen molar-refractivity contribution >= 4 is 28.6 Å². The van der Waals surface area contributed by atoms with Gasteiger partial charge in [0.2, 0.25) is 17.9 Å². The molecule has 4 aromatic rings. The molecule has 0 radical (unpaired) electrons. The summed E-state index contributed by atoms with van der Waals surface area (Å²) in [5.41, 5.74) is 8.08. The number of aromatic amines is 1. The number of carboxylic acid groups (broad SMARTS) is 1. The molecular weight excluding hydrogens is 539 g/mol. The number of aliphatic carboxylic acids is 1. The Balaban J connectivity index is 1.19. The van der Waals surface area contributed by atoms with Gasteiger partial charge in [0, 0.05) is 36.7 Å². The summed E-state index contributed by atoms with van der Waals surface area (Å²) in [5.74, 6) is -0.971. The summed E-state index contributed by atoms with van der Waals surface area (Å²) >= 11 is 0. The van der Waals surface area contributed by atoms with Gasteiger partial charge in [0.1, 0.15) is 11.9 Å². The molecule has 0 bridgehead atoms. The van der Waals surface area contributed by atoms with Crippen molar-refractivity contribution in [3.05, 3.63) is 60.3 Å². The van der Waals surface area contributed by atoms with Crippen LogP contribution in [0.3, 0.4) is 0 Å². The summed E-state index contributed by atoms with van der Waals surface area (Å²) in [4.78, 5) is 21.4. The van der Waals surface area contributed by atoms with Crippen LogP contribution < -0.4 is 20.7 Å². The van der Waals surface area contributed by atoms with Crippen LogP contribution in [-0.4, -0.2) is 63.1 Å². The predicted octanol–water partition coefficient (Wildman–Crippen LogP) is 4.32. The number of rotatable bonds is 6. The molecule has 13 heteroatoms. The molecular formula is C28H28F3N7O3. The van der Waals surface area contributed by atoms with Crippen LogP contribution in [0.1, 0.15) is 30.9 Å². The highest BCUT2D eigenvalue weighted by Gasteiger charge is 2.45. The maximum Gasteiger partial charge on any atom is 0.429 e. The fourth-order valence-electron chi connectivity index (χ4n) is 5.75. The molecule has 41 heavy (non-hydrogen) atoms. The number of aromatic nitrogens is 4. The fraction of sp³-hybridized carbons (Fsp3) is 0.357. The molecule has 2 aliphatic heterocycles. The second kappa shape index (κ2) is 10.2. The molecule has 0 unspecified atom stereocenters. The molecule has 2 saturated heterocycles. The molecule has 2 aromatic heterocycles. The summed E-state index contributed by atoms with van der Waals surface area (Å²) in [7, 11) is 0. The van der Waals surface area contributed by atoms with E-state index in [0.29, 0.717) is 44.7 Å². The Labute approximate surface area is 232 Å². The first-order chi connectivity index (χ1) is 19.6. The number of alkyl halides is 3. The zero-order valence-corrected chi connectivity index (χ0v) is 21.9. The number of nitrogens with zero attached hydrogens (tertiary/aromatic N) is 4. The first-order valence-corrected chi connectivity index (χ1v) is 13.2. The predicted molar refractivity (Wildman–Crippen MR) is 145 cm³/mol. The zero-order chi connectivity index (χ0) is 28.8. The Morgan fingerprint density at radius 1 is 1.10 bits per heavy atom. The molecule has 0 saturated carbocycles. The number of fused-ring (bicyclic) bond motifs is 1. The van der Waals surface area contributed by atoms with E-state index in [4.69, 9.17) is 10.5 Å². The number of benzene rings is 2. The van der Waals surface area contributed by atoms with Crippen molar-refractivity contribution in [3.8, 4) is 17.0 Å². The molecule has 1 spiro atoms. The van der Waals surface area contributed by atoms with Crippen molar-refractivity contribution in [1.82, 2.24) is 25.5 Å². The molecule has 2 fully saturated rings. The summed E-state index contributed by atoms with van der Waals surface area (Å²) < 4.78 is 48.0. The lowest BCUT2D eigenvalue weighted by molar-refractivity contribution is -0.198. The van der Waals surface area contributed by atoms with Crippen LogP contribution in [0, 0.1) is 5.41 Å². The molecule has 10 nitrogen and oxygen atoms in total. The van der Waals surface area contributed by atoms with E-state index < -0.39 is 24.3 Å². The minimum atomic E-state index is -4.72. The standard InChI is InChI=1S/C28H28F3N7O3/c29-28(30,31)24(17-3-1-16(2-4-17)18-5-6-19-14-34-37-20(19)11-18)41-23-12-22(35-26(32)36-23)38-9-7-27(8-10-38)13-21(25(39)40)33-15-27/h1-6,11-12,14,21,24,33H,7-10,13,15H2,(H,34,37)(H,39,40)(H2,32,35,36)/t21-,24+/m0/s1. The second-order valence-corrected chi connectivity index (χ2v) is 10.7. The highest BCUT2D eigenvalue weighted by molar-refractivity contribution is 5.83. The number of hydrogen-bond acceptors (Lipinski definition) is 8. The number of carboxylic acids is 1. The van der Waals surface area contributed by atoms with Gasteiger partial charge < -0.3 is 25.8 Å². The lowest BCUT2D eigenvalue weighted by Gasteiger charge is -2.39. The van der Waals surface area contributed by atoms with Gasteiger partial charge in [0.25, 0.3) is 0 Å². The van der Waals surface area contributed by atoms with Crippen LogP contribution in [0.5, 0.6) is 5.88 Å². The van der Waals surface area contributed by atoms with E-state index in [1.165, 1.54) is 18.2 Å². The Kier molecular flexibility index (Phi) is 6.68. The van der Waals surface area contributed by atoms with Crippen molar-refractivity contribution in [2.24, 2.45) is 5.41 Å². The van der Waals surface area contributed by atoms with Crippen LogP contribution >= 0.6 is 0 Å². The van der Waals surface area contributed by atoms with Crippen LogP contribution in [0.4, 0.5) is 24.9 Å². The molecule has 0 amide bonds. The van der Waals surface area contributed by atoms with Crippen molar-refractivity contribution < 1.29 is 27.8 Å². The summed E-state index contributed by atoms with van der Waals surface area (Å²) in [6, 6.07) is 12.5. The highest BCUT2D eigenvalue weighted by atomic mass is 19.4. The average Bonchev–Trinajstić information content (AvgIpc) is 3.58. The van der Waals surface area contributed by atoms with Crippen LogP contribution in [0.2, 0.25) is 0 Å². The minimum absolute atomic E-state index is 0.0794. The average molecular weight is 568 g/mol. The van der Waals surface area contributed by atoms with Gasteiger partial charge in [-0.25, -0.2) is 0 Å². The van der Waals surface area contributed by atoms with Crippen molar-refractivity contribution in [2.75, 3.05) is 30.3 Å². The minimum Gasteiger partial charge on any atom is -0.480 e. The van der Waals surface area contributed by atoms with Gasteiger partial charge >= 0.3 is 12.1 Å². The maximum absolute atomic E-state index is 14.2. The molecule has 2 aliphatic rings. The van der Waals surface area contributed by atoms with Gasteiger partial charge in [-0.15, -0.1) is 0 Å². The van der Waals surface area contributed by atoms with Gasteiger partial charge in [-0.05, 0) is 41.9 Å². The molecule has 214 valence electrons. The first-order valence-electron chi connectivity index (χ1n) is 13.2. The van der Waals surface area contributed by atoms with Crippen LogP contribution in [0.15, 0.2) is 54.7 Å². The Morgan fingerprint density at radius 2 is 1.83 bits per heavy atom. The SMILES string of the molecule is Nc1nc(O[C@H](c2ccc(-c3ccc4cn[nH]c4c3)cc2)C(F)(F)F)cc(N2CCC3(CC2)CN[C@H](C(=O)O)C3)n1. The first kappa shape index (κ1) is 26.8. The van der Waals surface area contributed by atoms with Crippen LogP contribution in [0.25, 0.3) is 22.0 Å². The van der Waals surface area contributed by atoms with E-state index >= 15 is 0 Å². The van der Waals surface area contributed by atoms with Gasteiger partial charge in [-0.2, -0.15) is 28.2 Å². The van der Waals surface area contributed by atoms with Crippen molar-refractivity contribution in [3.63, 3.8) is 0 Å². The lowest BCUT2D eigenvalue weighted by Crippen LogP contribution is -2.41. The Bertz CT molecular complexity index is 1570. The number of anilines is 2. The van der Waals surface area contributed by atoms with E-state index in [2.05, 4.69) is 25.5 Å². The number of hydrogen-bond donors (Lipinski definition) is 4. The number of ether oxygens (including phenoxy) is 1. The van der Waals surface area contributed by atoms with Crippen molar-refractivity contribution in [2.45, 2.75) is 37.6 Å². The molecule has 5 N–H and O–H groups in total. The zero-order valence-electron chi connectivity index (χ0n) is 21.9. The van der Waals surface area contributed by atoms with E-state index in [-0.39, 0.29) is 22.8 Å². The summed E-state index contributed by atoms with van der Waals surface area (Å²) in [5, 5.41) is 20.2. The lowest BCUT2D eigenvalue weighted by atomic mass is 9.76. The number of H-pyrrole nitrogens is 1. The second-order valence-electron chi connectivity index (χ2n) is 10.7. The van der Waals surface area contributed by atoms with E-state index in [1.54, 1.807) is 18.3 Å². The fourth-order valence-corrected chi connectivity index (χ4v) is 5.75. The normalized spacial score (nSPS) is 19.5. The van der Waals surface area contributed by atoms with E-state index in [9.17, 15) is 23.1 Å². The number of piperidine rings is 1. The molecule has 0 aliphatic carbocycles. The molecule has 4 heterocycles. The third-order valence-corrected chi connectivity index (χ3v) is 8.04. The number of carbonyl (C=O) groups is 1. The number of nitrogens with two attached hydrogens (primary N) is 1. The summed E-state index contributed by atoms with van der Waals surface area (Å²) in [6.07, 6.45) is -3.31. The molecule has 6 rings (SSSR count). The Morgan fingerprint density at radius 3 is 2.51 bits per heavy atom. The van der Waals surface area contributed by atoms with Crippen molar-refractivity contribution in [1.29, 1.82) is 0 Å². The Hall–Kier alpha value is -4.39. The monoisotopic (exact) mass is 567 g/mol. The van der Waals surface area contributed by atoms with Gasteiger partial charge in [0.15, 0.2) is 0 Å². The molecule has 2 aromatic carbocycles. The number of halogens is 3. The van der Waals surface area contributed by atoms with Gasteiger partial charge in [-0.1, -0.05) is 36.4 Å². The third kappa shape index (κ3) is 5.49. The number of nitrogens with one attached hydrogen (secondary N) is 2. The highest BCUT2D eigenvalue weighted by Crippen LogP contribution is 2.41. The third-order valence-electron chi connectivity index (χ3n) is 8.04. The van der Waals surface area contributed by atoms with Crippen LogP contribution in [-0.2, 0) is 4.79 Å². The summed E-state index contributed by atoms with van der Waals surface area (Å²) in [6.45, 7) is 1.72. The van der Waals surface area contributed by atoms with Gasteiger partial charge in [0.05, 0.1) is 11.7 Å². The smallest absolute Gasteiger partial charge is 0.429 e. The van der Waals surface area contributed by atoms with E-state index in [1.807, 2.05) is 23.1 Å². The number of nitrogen functional groups attached to an aromatic ring is 1. The quantitative estimate of drug-likeness (QED) is 0.268. The largest absolute Gasteiger partial charge is 0.480 e. The maximum atomic E-state index is 14.2. The van der Waals surface area contributed by atoms with Gasteiger partial charge in [-0.3, -0.25) is 9.89 Å². The topological polar surface area (TPSA) is 142 Å².